The standard InChI is InChI=1S/C31H35N3O4/c1-21(35)23-9-11-24(12-10-23)26-13-14-30(38-3)27(17-26)18-33-29-15-16-34(31(37)19-32-22(2)36)20-28(29)25-7-5-4-6-8-25/h4-14,17,28-29,33H,15-16,18-20H2,1-3H3,(H,32,36). The summed E-state index contributed by atoms with van der Waals surface area (Å²) in [6.45, 7) is 4.82. The van der Waals surface area contributed by atoms with E-state index in [2.05, 4.69) is 28.8 Å². The minimum atomic E-state index is -0.208. The summed E-state index contributed by atoms with van der Waals surface area (Å²) in [4.78, 5) is 37.5. The molecule has 1 heterocycles. The first kappa shape index (κ1) is 27.1. The molecule has 0 aromatic heterocycles. The number of ketones is 1. The van der Waals surface area contributed by atoms with Crippen molar-refractivity contribution in [2.24, 2.45) is 0 Å². The molecule has 0 radical (unpaired) electrons. The number of carbonyl (C=O) groups is 3. The average Bonchev–Trinajstić information content (AvgIpc) is 2.95. The number of carbonyl (C=O) groups excluding carboxylic acids is 3. The molecule has 198 valence electrons. The first-order valence-corrected chi connectivity index (χ1v) is 12.9. The second-order valence-corrected chi connectivity index (χ2v) is 9.70. The fourth-order valence-electron chi connectivity index (χ4n) is 5.01. The molecule has 0 saturated carbocycles. The zero-order chi connectivity index (χ0) is 27.1. The van der Waals surface area contributed by atoms with Gasteiger partial charge in [-0.2, -0.15) is 0 Å². The highest BCUT2D eigenvalue weighted by molar-refractivity contribution is 5.94. The van der Waals surface area contributed by atoms with Crippen LogP contribution in [0.4, 0.5) is 0 Å². The Hall–Kier alpha value is -3.97. The molecule has 2 unspecified atom stereocenters. The molecule has 3 aromatic rings. The minimum absolute atomic E-state index is 0.0202. The summed E-state index contributed by atoms with van der Waals surface area (Å²) in [6.07, 6.45) is 0.792. The highest BCUT2D eigenvalue weighted by Crippen LogP contribution is 2.30. The smallest absolute Gasteiger partial charge is 0.241 e. The molecule has 0 spiro atoms. The van der Waals surface area contributed by atoms with Crippen LogP contribution >= 0.6 is 0 Å². The fourth-order valence-corrected chi connectivity index (χ4v) is 5.01. The molecule has 1 aliphatic heterocycles. The van der Waals surface area contributed by atoms with Gasteiger partial charge in [-0.05, 0) is 42.2 Å². The van der Waals surface area contributed by atoms with Crippen molar-refractivity contribution in [3.8, 4) is 16.9 Å². The Morgan fingerprint density at radius 2 is 1.66 bits per heavy atom. The van der Waals surface area contributed by atoms with Gasteiger partial charge in [-0.25, -0.2) is 0 Å². The lowest BCUT2D eigenvalue weighted by Crippen LogP contribution is -2.51. The molecule has 0 bridgehead atoms. The Balaban J connectivity index is 1.51. The number of likely N-dealkylation sites (tertiary alicyclic amines) is 1. The van der Waals surface area contributed by atoms with Crippen LogP contribution in [0.1, 0.15) is 47.7 Å². The van der Waals surface area contributed by atoms with E-state index in [0.29, 0.717) is 25.2 Å². The van der Waals surface area contributed by atoms with Gasteiger partial charge < -0.3 is 20.3 Å². The molecule has 1 saturated heterocycles. The number of hydrogen-bond acceptors (Lipinski definition) is 5. The van der Waals surface area contributed by atoms with Crippen LogP contribution in [0.3, 0.4) is 0 Å². The molecule has 2 N–H and O–H groups in total. The molecule has 2 atom stereocenters. The summed E-state index contributed by atoms with van der Waals surface area (Å²) < 4.78 is 5.66. The molecular formula is C31H35N3O4. The molecule has 1 aliphatic rings. The summed E-state index contributed by atoms with van der Waals surface area (Å²) in [5.41, 5.74) is 4.99. The van der Waals surface area contributed by atoms with Gasteiger partial charge in [0.1, 0.15) is 5.75 Å². The molecule has 7 heteroatoms. The Morgan fingerprint density at radius 1 is 0.947 bits per heavy atom. The number of benzene rings is 3. The van der Waals surface area contributed by atoms with E-state index in [4.69, 9.17) is 4.74 Å². The van der Waals surface area contributed by atoms with Crippen molar-refractivity contribution in [3.05, 3.63) is 89.5 Å². The lowest BCUT2D eigenvalue weighted by molar-refractivity contribution is -0.133. The number of Topliss-reactive ketones (excluding diaryl/α,β-unsaturated/α-hetero) is 1. The van der Waals surface area contributed by atoms with E-state index in [-0.39, 0.29) is 36.1 Å². The van der Waals surface area contributed by atoms with Crippen molar-refractivity contribution in [2.75, 3.05) is 26.7 Å². The van der Waals surface area contributed by atoms with Crippen LogP contribution in [0, 0.1) is 0 Å². The van der Waals surface area contributed by atoms with Crippen LogP contribution in [-0.4, -0.2) is 55.3 Å². The van der Waals surface area contributed by atoms with Gasteiger partial charge in [-0.1, -0.05) is 60.7 Å². The van der Waals surface area contributed by atoms with Crippen LogP contribution in [-0.2, 0) is 16.1 Å². The lowest BCUT2D eigenvalue weighted by Gasteiger charge is -2.39. The van der Waals surface area contributed by atoms with Gasteiger partial charge in [0.15, 0.2) is 5.78 Å². The largest absolute Gasteiger partial charge is 0.496 e. The number of nitrogens with one attached hydrogen (secondary N) is 2. The van der Waals surface area contributed by atoms with E-state index in [1.807, 2.05) is 59.5 Å². The summed E-state index contributed by atoms with van der Waals surface area (Å²) >= 11 is 0. The number of ether oxygens (including phenoxy) is 1. The monoisotopic (exact) mass is 513 g/mol. The molecule has 3 aromatic carbocycles. The summed E-state index contributed by atoms with van der Waals surface area (Å²) in [6, 6.07) is 24.2. The van der Waals surface area contributed by atoms with E-state index in [1.165, 1.54) is 12.5 Å². The summed E-state index contributed by atoms with van der Waals surface area (Å²) in [7, 11) is 1.67. The van der Waals surface area contributed by atoms with Crippen LogP contribution < -0.4 is 15.4 Å². The van der Waals surface area contributed by atoms with Crippen molar-refractivity contribution in [2.45, 2.75) is 38.8 Å². The maximum Gasteiger partial charge on any atom is 0.241 e. The molecule has 7 nitrogen and oxygen atoms in total. The molecule has 1 fully saturated rings. The zero-order valence-corrected chi connectivity index (χ0v) is 22.2. The van der Waals surface area contributed by atoms with Crippen LogP contribution in [0.2, 0.25) is 0 Å². The van der Waals surface area contributed by atoms with Crippen molar-refractivity contribution in [1.82, 2.24) is 15.5 Å². The Kier molecular flexibility index (Phi) is 8.92. The van der Waals surface area contributed by atoms with Crippen LogP contribution in [0.5, 0.6) is 5.75 Å². The first-order valence-electron chi connectivity index (χ1n) is 12.9. The zero-order valence-electron chi connectivity index (χ0n) is 22.2. The van der Waals surface area contributed by atoms with Gasteiger partial charge in [0.25, 0.3) is 0 Å². The molecule has 38 heavy (non-hydrogen) atoms. The topological polar surface area (TPSA) is 87.7 Å². The molecule has 2 amide bonds. The number of nitrogens with zero attached hydrogens (tertiary/aromatic N) is 1. The summed E-state index contributed by atoms with van der Waals surface area (Å²) in [5.74, 6) is 0.692. The van der Waals surface area contributed by atoms with Crippen molar-refractivity contribution < 1.29 is 19.1 Å². The van der Waals surface area contributed by atoms with Crippen LogP contribution in [0.15, 0.2) is 72.8 Å². The predicted molar refractivity (Wildman–Crippen MR) is 148 cm³/mol. The van der Waals surface area contributed by atoms with Crippen molar-refractivity contribution in [3.63, 3.8) is 0 Å². The Bertz CT molecular complexity index is 1270. The second-order valence-electron chi connectivity index (χ2n) is 9.70. The van der Waals surface area contributed by atoms with E-state index in [1.54, 1.807) is 14.0 Å². The maximum absolute atomic E-state index is 12.7. The molecule has 4 rings (SSSR count). The predicted octanol–water partition coefficient (Wildman–Crippen LogP) is 4.18. The quantitative estimate of drug-likeness (QED) is 0.419. The maximum atomic E-state index is 12.7. The van der Waals surface area contributed by atoms with Gasteiger partial charge in [0.05, 0.1) is 13.7 Å². The van der Waals surface area contributed by atoms with E-state index in [0.717, 1.165) is 28.9 Å². The third-order valence-corrected chi connectivity index (χ3v) is 7.14. The summed E-state index contributed by atoms with van der Waals surface area (Å²) in [5, 5.41) is 6.36. The highest BCUT2D eigenvalue weighted by Gasteiger charge is 2.32. The molecule has 0 aliphatic carbocycles. The Labute approximate surface area is 224 Å². The van der Waals surface area contributed by atoms with Crippen molar-refractivity contribution in [1.29, 1.82) is 0 Å². The fraction of sp³-hybridized carbons (Fsp3) is 0.323. The van der Waals surface area contributed by atoms with Gasteiger partial charge in [-0.15, -0.1) is 0 Å². The van der Waals surface area contributed by atoms with Crippen molar-refractivity contribution >= 4 is 17.6 Å². The first-order chi connectivity index (χ1) is 18.4. The van der Waals surface area contributed by atoms with Crippen LogP contribution in [0.25, 0.3) is 11.1 Å². The number of amides is 2. The van der Waals surface area contributed by atoms with E-state index >= 15 is 0 Å². The SMILES string of the molecule is COc1ccc(-c2ccc(C(C)=O)cc2)cc1CNC1CCN(C(=O)CNC(C)=O)CC1c1ccccc1. The number of piperidine rings is 1. The van der Waals surface area contributed by atoms with Gasteiger partial charge >= 0.3 is 0 Å². The van der Waals surface area contributed by atoms with Gasteiger partial charge in [-0.3, -0.25) is 14.4 Å². The van der Waals surface area contributed by atoms with Gasteiger partial charge in [0.2, 0.25) is 11.8 Å². The highest BCUT2D eigenvalue weighted by atomic mass is 16.5. The third-order valence-electron chi connectivity index (χ3n) is 7.14. The number of hydrogen-bond donors (Lipinski definition) is 2. The molecular weight excluding hydrogens is 478 g/mol. The third kappa shape index (κ3) is 6.66. The second kappa shape index (κ2) is 12.5. The average molecular weight is 514 g/mol. The number of rotatable bonds is 9. The minimum Gasteiger partial charge on any atom is -0.496 e. The Morgan fingerprint density at radius 3 is 2.32 bits per heavy atom. The lowest BCUT2D eigenvalue weighted by atomic mass is 9.85. The van der Waals surface area contributed by atoms with Gasteiger partial charge in [0, 0.05) is 49.6 Å². The number of methoxy groups -OCH3 is 1. The van der Waals surface area contributed by atoms with E-state index in [9.17, 15) is 14.4 Å². The van der Waals surface area contributed by atoms with E-state index < -0.39 is 0 Å². The normalized spacial score (nSPS) is 17.1.